The third-order valence-corrected chi connectivity index (χ3v) is 3.26. The Morgan fingerprint density at radius 2 is 2.14 bits per heavy atom. The average Bonchev–Trinajstić information content (AvgIpc) is 3.05. The van der Waals surface area contributed by atoms with Crippen LogP contribution >= 0.6 is 0 Å². The summed E-state index contributed by atoms with van der Waals surface area (Å²) in [6.07, 6.45) is 3.41. The summed E-state index contributed by atoms with van der Waals surface area (Å²) in [6.45, 7) is 1.41. The van der Waals surface area contributed by atoms with Crippen molar-refractivity contribution in [1.29, 1.82) is 0 Å². The molecular formula is C15H12N4O2. The van der Waals surface area contributed by atoms with Gasteiger partial charge in [0, 0.05) is 24.5 Å². The summed E-state index contributed by atoms with van der Waals surface area (Å²) in [5.41, 5.74) is 2.55. The summed E-state index contributed by atoms with van der Waals surface area (Å²) < 4.78 is 11.1. The Labute approximate surface area is 120 Å². The molecule has 0 radical (unpaired) electrons. The summed E-state index contributed by atoms with van der Waals surface area (Å²) >= 11 is 0. The largest absolute Gasteiger partial charge is 0.489 e. The highest BCUT2D eigenvalue weighted by atomic mass is 16.5. The fourth-order valence-electron chi connectivity index (χ4n) is 2.28. The number of pyridine rings is 1. The predicted molar refractivity (Wildman–Crippen MR) is 76.9 cm³/mol. The number of anilines is 1. The van der Waals surface area contributed by atoms with Gasteiger partial charge < -0.3 is 14.6 Å². The predicted octanol–water partition coefficient (Wildman–Crippen LogP) is 2.60. The number of hydrogen-bond donors (Lipinski definition) is 1. The van der Waals surface area contributed by atoms with Gasteiger partial charge in [0.05, 0.1) is 11.3 Å². The molecule has 0 unspecified atom stereocenters. The van der Waals surface area contributed by atoms with Crippen LogP contribution in [0.15, 0.2) is 47.2 Å². The molecule has 0 atom stereocenters. The van der Waals surface area contributed by atoms with E-state index in [4.69, 9.17) is 9.26 Å². The molecule has 21 heavy (non-hydrogen) atoms. The standard InChI is InChI=1S/C15H12N4O2/c1-4-11(13-12(5-1)17-7-8-20-13)15-18-14(19-21-15)10-3-2-6-16-9-10/h1-6,9,17H,7-8H2. The maximum atomic E-state index is 5.72. The van der Waals surface area contributed by atoms with Crippen molar-refractivity contribution < 1.29 is 9.26 Å². The Morgan fingerprint density at radius 3 is 3.05 bits per heavy atom. The highest BCUT2D eigenvalue weighted by Crippen LogP contribution is 2.37. The van der Waals surface area contributed by atoms with E-state index in [0.717, 1.165) is 29.1 Å². The SMILES string of the molecule is c1cncc(-c2noc(-c3cccc4c3OCCN4)n2)c1. The molecule has 0 spiro atoms. The molecule has 1 aromatic carbocycles. The van der Waals surface area contributed by atoms with Crippen LogP contribution in [0.2, 0.25) is 0 Å². The molecule has 1 N–H and O–H groups in total. The van der Waals surface area contributed by atoms with Gasteiger partial charge in [0.25, 0.3) is 5.89 Å². The summed E-state index contributed by atoms with van der Waals surface area (Å²) in [6, 6.07) is 9.54. The van der Waals surface area contributed by atoms with Gasteiger partial charge in [0.15, 0.2) is 5.75 Å². The van der Waals surface area contributed by atoms with E-state index >= 15 is 0 Å². The molecular weight excluding hydrogens is 268 g/mol. The maximum absolute atomic E-state index is 5.72. The lowest BCUT2D eigenvalue weighted by molar-refractivity contribution is 0.322. The van der Waals surface area contributed by atoms with E-state index in [9.17, 15) is 0 Å². The molecule has 1 aliphatic heterocycles. The van der Waals surface area contributed by atoms with E-state index in [0.29, 0.717) is 18.3 Å². The summed E-state index contributed by atoms with van der Waals surface area (Å²) in [5, 5.41) is 7.30. The second-order valence-electron chi connectivity index (χ2n) is 4.62. The number of hydrogen-bond acceptors (Lipinski definition) is 6. The van der Waals surface area contributed by atoms with E-state index in [1.807, 2.05) is 30.3 Å². The van der Waals surface area contributed by atoms with Crippen LogP contribution in [-0.4, -0.2) is 28.3 Å². The van der Waals surface area contributed by atoms with Crippen molar-refractivity contribution in [3.63, 3.8) is 0 Å². The lowest BCUT2D eigenvalue weighted by Crippen LogP contribution is -2.18. The Morgan fingerprint density at radius 1 is 1.14 bits per heavy atom. The topological polar surface area (TPSA) is 73.1 Å². The van der Waals surface area contributed by atoms with Gasteiger partial charge in [-0.1, -0.05) is 11.2 Å². The van der Waals surface area contributed by atoms with Crippen molar-refractivity contribution in [2.45, 2.75) is 0 Å². The molecule has 1 aliphatic rings. The van der Waals surface area contributed by atoms with Gasteiger partial charge in [0.2, 0.25) is 5.82 Å². The monoisotopic (exact) mass is 280 g/mol. The number of ether oxygens (including phenoxy) is 1. The Balaban J connectivity index is 1.77. The number of fused-ring (bicyclic) bond motifs is 1. The Kier molecular flexibility index (Phi) is 2.77. The molecule has 0 saturated carbocycles. The molecule has 3 aromatic rings. The van der Waals surface area contributed by atoms with E-state index < -0.39 is 0 Å². The van der Waals surface area contributed by atoms with Crippen molar-refractivity contribution in [2.75, 3.05) is 18.5 Å². The minimum absolute atomic E-state index is 0.439. The van der Waals surface area contributed by atoms with Crippen LogP contribution in [0.5, 0.6) is 5.75 Å². The summed E-state index contributed by atoms with van der Waals surface area (Å²) in [4.78, 5) is 8.49. The number of nitrogens with one attached hydrogen (secondary N) is 1. The van der Waals surface area contributed by atoms with Crippen LogP contribution in [-0.2, 0) is 0 Å². The minimum atomic E-state index is 0.439. The van der Waals surface area contributed by atoms with Crippen LogP contribution in [0.25, 0.3) is 22.8 Å². The highest BCUT2D eigenvalue weighted by Gasteiger charge is 2.19. The lowest BCUT2D eigenvalue weighted by Gasteiger charge is -2.20. The first-order valence-electron chi connectivity index (χ1n) is 6.66. The van der Waals surface area contributed by atoms with Crippen LogP contribution in [0, 0.1) is 0 Å². The molecule has 0 amide bonds. The smallest absolute Gasteiger partial charge is 0.262 e. The molecule has 0 aliphatic carbocycles. The van der Waals surface area contributed by atoms with Gasteiger partial charge in [-0.15, -0.1) is 0 Å². The van der Waals surface area contributed by atoms with Gasteiger partial charge in [-0.2, -0.15) is 4.98 Å². The molecule has 0 saturated heterocycles. The molecule has 104 valence electrons. The molecule has 2 aromatic heterocycles. The zero-order chi connectivity index (χ0) is 14.1. The first-order chi connectivity index (χ1) is 10.4. The first-order valence-corrected chi connectivity index (χ1v) is 6.66. The van der Waals surface area contributed by atoms with E-state index in [1.54, 1.807) is 12.4 Å². The Bertz CT molecular complexity index is 770. The molecule has 0 bridgehead atoms. The van der Waals surface area contributed by atoms with Gasteiger partial charge in [-0.05, 0) is 24.3 Å². The zero-order valence-electron chi connectivity index (χ0n) is 11.1. The second kappa shape index (κ2) is 4.90. The second-order valence-corrected chi connectivity index (χ2v) is 4.62. The number of benzene rings is 1. The van der Waals surface area contributed by atoms with Crippen LogP contribution < -0.4 is 10.1 Å². The quantitative estimate of drug-likeness (QED) is 0.778. The molecule has 6 nitrogen and oxygen atoms in total. The average molecular weight is 280 g/mol. The van der Waals surface area contributed by atoms with E-state index in [2.05, 4.69) is 20.4 Å². The van der Waals surface area contributed by atoms with Crippen molar-refractivity contribution in [1.82, 2.24) is 15.1 Å². The summed E-state index contributed by atoms with van der Waals surface area (Å²) in [5.74, 6) is 1.71. The van der Waals surface area contributed by atoms with Crippen molar-refractivity contribution in [2.24, 2.45) is 0 Å². The van der Waals surface area contributed by atoms with Crippen LogP contribution in [0.1, 0.15) is 0 Å². The highest BCUT2D eigenvalue weighted by molar-refractivity contribution is 5.75. The van der Waals surface area contributed by atoms with E-state index in [-0.39, 0.29) is 0 Å². The fraction of sp³-hybridized carbons (Fsp3) is 0.133. The van der Waals surface area contributed by atoms with Gasteiger partial charge in [0.1, 0.15) is 6.61 Å². The number of nitrogens with zero attached hydrogens (tertiary/aromatic N) is 3. The number of para-hydroxylation sites is 1. The lowest BCUT2D eigenvalue weighted by atomic mass is 10.1. The van der Waals surface area contributed by atoms with Crippen LogP contribution in [0.4, 0.5) is 5.69 Å². The Hall–Kier alpha value is -2.89. The van der Waals surface area contributed by atoms with Gasteiger partial charge >= 0.3 is 0 Å². The normalized spacial score (nSPS) is 13.1. The van der Waals surface area contributed by atoms with Crippen molar-refractivity contribution >= 4 is 5.69 Å². The van der Waals surface area contributed by atoms with Crippen LogP contribution in [0.3, 0.4) is 0 Å². The first kappa shape index (κ1) is 11.9. The maximum Gasteiger partial charge on any atom is 0.262 e. The summed E-state index contributed by atoms with van der Waals surface area (Å²) in [7, 11) is 0. The molecule has 4 rings (SSSR count). The molecule has 0 fully saturated rings. The van der Waals surface area contributed by atoms with Crippen molar-refractivity contribution in [3.05, 3.63) is 42.7 Å². The zero-order valence-corrected chi connectivity index (χ0v) is 11.1. The molecule has 6 heteroatoms. The number of aromatic nitrogens is 3. The van der Waals surface area contributed by atoms with Gasteiger partial charge in [-0.25, -0.2) is 0 Å². The number of rotatable bonds is 2. The van der Waals surface area contributed by atoms with E-state index in [1.165, 1.54) is 0 Å². The van der Waals surface area contributed by atoms with Crippen molar-refractivity contribution in [3.8, 4) is 28.6 Å². The third-order valence-electron chi connectivity index (χ3n) is 3.26. The molecule has 3 heterocycles. The minimum Gasteiger partial charge on any atom is -0.489 e. The fourth-order valence-corrected chi connectivity index (χ4v) is 2.28. The third kappa shape index (κ3) is 2.10. The van der Waals surface area contributed by atoms with Gasteiger partial charge in [-0.3, -0.25) is 4.98 Å².